The van der Waals surface area contributed by atoms with Gasteiger partial charge >= 0.3 is 0 Å². The van der Waals surface area contributed by atoms with Crippen LogP contribution < -0.4 is 14.8 Å². The van der Waals surface area contributed by atoms with E-state index in [-0.39, 0.29) is 0 Å². The number of hydrogen-bond donors (Lipinski definition) is 1. The number of hydrogen-bond acceptors (Lipinski definition) is 6. The molecule has 1 saturated heterocycles. The summed E-state index contributed by atoms with van der Waals surface area (Å²) in [5, 5.41) is 12.4. The lowest BCUT2D eigenvalue weighted by Gasteiger charge is -2.18. The highest BCUT2D eigenvalue weighted by Gasteiger charge is 2.27. The summed E-state index contributed by atoms with van der Waals surface area (Å²) in [5.41, 5.74) is 4.33. The third-order valence-electron chi connectivity index (χ3n) is 6.33. The minimum Gasteiger partial charge on any atom is -0.489 e. The summed E-state index contributed by atoms with van der Waals surface area (Å²) >= 11 is 0. The number of rotatable bonds is 12. The second-order valence-electron chi connectivity index (χ2n) is 8.89. The molecular weight excluding hydrogens is 426 g/mol. The van der Waals surface area contributed by atoms with Crippen LogP contribution in [0.25, 0.3) is 11.1 Å². The van der Waals surface area contributed by atoms with Crippen LogP contribution in [0, 0.1) is 11.8 Å². The number of aromatic nitrogens is 2. The minimum atomic E-state index is 0.408. The largest absolute Gasteiger partial charge is 0.489 e. The highest BCUT2D eigenvalue weighted by Crippen LogP contribution is 2.29. The molecule has 0 unspecified atom stereocenters. The number of nitrogens with one attached hydrogen (secondary N) is 1. The Morgan fingerprint density at radius 1 is 0.912 bits per heavy atom. The molecule has 6 nitrogen and oxygen atoms in total. The maximum atomic E-state index is 6.11. The van der Waals surface area contributed by atoms with E-state index in [0.717, 1.165) is 67.1 Å². The summed E-state index contributed by atoms with van der Waals surface area (Å²) in [6, 6.07) is 20.4. The fraction of sp³-hybridized carbons (Fsp3) is 0.429. The van der Waals surface area contributed by atoms with Crippen LogP contribution in [-0.4, -0.2) is 43.6 Å². The molecule has 3 aromatic rings. The van der Waals surface area contributed by atoms with Crippen LogP contribution in [0.4, 0.5) is 0 Å². The molecule has 1 aromatic heterocycles. The fourth-order valence-electron chi connectivity index (χ4n) is 4.30. The van der Waals surface area contributed by atoms with Crippen molar-refractivity contribution in [3.05, 3.63) is 71.9 Å². The third kappa shape index (κ3) is 6.55. The maximum Gasteiger partial charge on any atom is 0.234 e. The Hall–Kier alpha value is -2.96. The first-order valence-electron chi connectivity index (χ1n) is 12.2. The first-order chi connectivity index (χ1) is 16.8. The molecule has 2 atom stereocenters. The maximum absolute atomic E-state index is 6.11. The minimum absolute atomic E-state index is 0.408. The molecule has 2 heterocycles. The lowest BCUT2D eigenvalue weighted by Crippen LogP contribution is -2.24. The molecule has 4 rings (SSSR count). The first-order valence-corrected chi connectivity index (χ1v) is 12.2. The zero-order valence-corrected chi connectivity index (χ0v) is 20.2. The predicted octanol–water partition coefficient (Wildman–Crippen LogP) is 4.93. The van der Waals surface area contributed by atoms with Crippen LogP contribution in [0.2, 0.25) is 0 Å². The highest BCUT2D eigenvalue weighted by atomic mass is 16.5. The van der Waals surface area contributed by atoms with Gasteiger partial charge in [0.25, 0.3) is 0 Å². The van der Waals surface area contributed by atoms with Gasteiger partial charge in [-0.15, -0.1) is 5.10 Å². The van der Waals surface area contributed by atoms with Crippen LogP contribution in [0.15, 0.2) is 60.7 Å². The first kappa shape index (κ1) is 24.2. The zero-order chi connectivity index (χ0) is 23.6. The lowest BCUT2D eigenvalue weighted by molar-refractivity contribution is 0.119. The van der Waals surface area contributed by atoms with Gasteiger partial charge in [-0.3, -0.25) is 0 Å². The highest BCUT2D eigenvalue weighted by molar-refractivity contribution is 5.67. The monoisotopic (exact) mass is 461 g/mol. The van der Waals surface area contributed by atoms with Gasteiger partial charge in [0, 0.05) is 43.7 Å². The quantitative estimate of drug-likeness (QED) is 0.413. The molecule has 0 aliphatic carbocycles. The summed E-state index contributed by atoms with van der Waals surface area (Å²) in [5.74, 6) is 2.29. The van der Waals surface area contributed by atoms with Crippen LogP contribution in [-0.2, 0) is 17.8 Å². The van der Waals surface area contributed by atoms with Crippen molar-refractivity contribution in [1.29, 1.82) is 0 Å². The van der Waals surface area contributed by atoms with Crippen molar-refractivity contribution < 1.29 is 14.2 Å². The molecule has 0 bridgehead atoms. The average molecular weight is 462 g/mol. The van der Waals surface area contributed by atoms with Crippen molar-refractivity contribution in [2.24, 2.45) is 11.8 Å². The van der Waals surface area contributed by atoms with Crippen LogP contribution >= 0.6 is 0 Å². The zero-order valence-electron chi connectivity index (χ0n) is 20.2. The van der Waals surface area contributed by atoms with Gasteiger partial charge in [-0.05, 0) is 36.1 Å². The molecule has 1 N–H and O–H groups in total. The van der Waals surface area contributed by atoms with Crippen LogP contribution in [0.5, 0.6) is 11.6 Å². The molecule has 1 aliphatic heterocycles. The van der Waals surface area contributed by atoms with Crippen molar-refractivity contribution in [2.75, 3.05) is 33.4 Å². The van der Waals surface area contributed by atoms with E-state index >= 15 is 0 Å². The summed E-state index contributed by atoms with van der Waals surface area (Å²) in [7, 11) is 1.75. The van der Waals surface area contributed by atoms with Gasteiger partial charge in [0.1, 0.15) is 12.4 Å². The van der Waals surface area contributed by atoms with E-state index < -0.39 is 0 Å². The van der Waals surface area contributed by atoms with Gasteiger partial charge in [-0.2, -0.15) is 5.10 Å². The Kier molecular flexibility index (Phi) is 8.88. The van der Waals surface area contributed by atoms with Gasteiger partial charge in [0.2, 0.25) is 5.88 Å². The van der Waals surface area contributed by atoms with Crippen molar-refractivity contribution in [1.82, 2.24) is 15.5 Å². The van der Waals surface area contributed by atoms with Gasteiger partial charge < -0.3 is 19.5 Å². The van der Waals surface area contributed by atoms with E-state index in [0.29, 0.717) is 30.9 Å². The van der Waals surface area contributed by atoms with Crippen molar-refractivity contribution >= 4 is 0 Å². The molecule has 0 amide bonds. The van der Waals surface area contributed by atoms with E-state index in [1.165, 1.54) is 0 Å². The Bertz CT molecular complexity index is 1010. The van der Waals surface area contributed by atoms with Crippen LogP contribution in [0.3, 0.4) is 0 Å². The van der Waals surface area contributed by atoms with E-state index in [4.69, 9.17) is 14.2 Å². The van der Waals surface area contributed by atoms with Gasteiger partial charge in [-0.1, -0.05) is 55.8 Å². The Morgan fingerprint density at radius 2 is 1.68 bits per heavy atom. The second-order valence-corrected chi connectivity index (χ2v) is 8.89. The summed E-state index contributed by atoms with van der Waals surface area (Å²) < 4.78 is 17.4. The number of unbranched alkanes of at least 4 members (excludes halogenated alkanes) is 1. The SMILES string of the molecule is CCCCc1nnc(OC[C@H]2CNC[C@@H]2COC)cc1-c1ccc(OCc2ccccc2)cc1. The Morgan fingerprint density at radius 3 is 2.41 bits per heavy atom. The number of aryl methyl sites for hydroxylation is 1. The molecule has 1 fully saturated rings. The smallest absolute Gasteiger partial charge is 0.234 e. The van der Waals surface area contributed by atoms with Crippen molar-refractivity contribution in [3.8, 4) is 22.8 Å². The number of ether oxygens (including phenoxy) is 3. The van der Waals surface area contributed by atoms with Crippen molar-refractivity contribution in [3.63, 3.8) is 0 Å². The molecule has 2 aromatic carbocycles. The molecule has 0 spiro atoms. The van der Waals surface area contributed by atoms with E-state index in [1.54, 1.807) is 7.11 Å². The molecule has 0 saturated carbocycles. The molecule has 0 radical (unpaired) electrons. The summed E-state index contributed by atoms with van der Waals surface area (Å²) in [4.78, 5) is 0. The molecular formula is C28H35N3O3. The topological polar surface area (TPSA) is 65.5 Å². The third-order valence-corrected chi connectivity index (χ3v) is 6.33. The van der Waals surface area contributed by atoms with E-state index in [1.807, 2.05) is 36.4 Å². The standard InChI is InChI=1S/C28H35N3O3/c1-3-4-10-27-26(15-28(31-30-27)34-20-24-17-29-16-23(24)19-32-2)22-11-13-25(14-12-22)33-18-21-8-6-5-7-9-21/h5-9,11-15,23-24,29H,3-4,10,16-20H2,1-2H3/t23-,24-/m1/s1. The fourth-order valence-corrected chi connectivity index (χ4v) is 4.30. The van der Waals surface area contributed by atoms with Crippen molar-refractivity contribution in [2.45, 2.75) is 32.8 Å². The predicted molar refractivity (Wildman–Crippen MR) is 134 cm³/mol. The molecule has 180 valence electrons. The lowest BCUT2D eigenvalue weighted by atomic mass is 9.98. The number of methoxy groups -OCH3 is 1. The number of nitrogens with zero attached hydrogens (tertiary/aromatic N) is 2. The molecule has 34 heavy (non-hydrogen) atoms. The van der Waals surface area contributed by atoms with E-state index in [2.05, 4.69) is 46.7 Å². The average Bonchev–Trinajstić information content (AvgIpc) is 3.33. The van der Waals surface area contributed by atoms with Gasteiger partial charge in [0.05, 0.1) is 18.9 Å². The Balaban J connectivity index is 1.46. The summed E-state index contributed by atoms with van der Waals surface area (Å²) in [6.07, 6.45) is 3.08. The second kappa shape index (κ2) is 12.5. The summed E-state index contributed by atoms with van der Waals surface area (Å²) in [6.45, 7) is 6.00. The molecule has 6 heteroatoms. The van der Waals surface area contributed by atoms with Gasteiger partial charge in [0.15, 0.2) is 0 Å². The number of benzene rings is 2. The van der Waals surface area contributed by atoms with E-state index in [9.17, 15) is 0 Å². The normalized spacial score (nSPS) is 17.6. The van der Waals surface area contributed by atoms with Gasteiger partial charge in [-0.25, -0.2) is 0 Å². The van der Waals surface area contributed by atoms with Crippen LogP contribution in [0.1, 0.15) is 31.0 Å². The molecule has 1 aliphatic rings. The Labute approximate surface area is 202 Å².